The molecule has 1 aliphatic heterocycles. The van der Waals surface area contributed by atoms with E-state index in [0.717, 1.165) is 0 Å². The molecule has 172 valence electrons. The Morgan fingerprint density at radius 3 is 2.44 bits per heavy atom. The van der Waals surface area contributed by atoms with E-state index in [-0.39, 0.29) is 17.9 Å². The summed E-state index contributed by atoms with van der Waals surface area (Å²) in [5.74, 6) is -3.63. The molecule has 1 amide bonds. The highest BCUT2D eigenvalue weighted by atomic mass is 32.2. The molecule has 8 nitrogen and oxygen atoms in total. The Morgan fingerprint density at radius 2 is 1.81 bits per heavy atom. The van der Waals surface area contributed by atoms with Gasteiger partial charge in [-0.25, -0.2) is 36.3 Å². The first-order valence-corrected chi connectivity index (χ1v) is 11.5. The molecule has 1 fully saturated rings. The van der Waals surface area contributed by atoms with Gasteiger partial charge in [0, 0.05) is 19.5 Å². The molecular weight excluding hydrogens is 447 g/mol. The molecule has 32 heavy (non-hydrogen) atoms. The van der Waals surface area contributed by atoms with Crippen LogP contribution in [-0.2, 0) is 21.2 Å². The number of rotatable bonds is 5. The first-order valence-electron chi connectivity index (χ1n) is 10.0. The van der Waals surface area contributed by atoms with Gasteiger partial charge in [-0.05, 0) is 44.7 Å². The van der Waals surface area contributed by atoms with Crippen molar-refractivity contribution < 1.29 is 26.4 Å². The van der Waals surface area contributed by atoms with Crippen molar-refractivity contribution in [3.63, 3.8) is 0 Å². The first kappa shape index (κ1) is 22.5. The Labute approximate surface area is 183 Å². The second kappa shape index (κ2) is 8.00. The lowest BCUT2D eigenvalue weighted by molar-refractivity contribution is -0.117. The molecule has 0 spiro atoms. The molecule has 0 bridgehead atoms. The molecule has 0 radical (unpaired) electrons. The average molecular weight is 469 g/mol. The number of hydrogen-bond donors (Lipinski definition) is 2. The molecule has 0 saturated heterocycles. The van der Waals surface area contributed by atoms with Gasteiger partial charge < -0.3 is 10.2 Å². The number of carbonyl (C=O) groups is 1. The summed E-state index contributed by atoms with van der Waals surface area (Å²) in [6.07, 6.45) is 1.50. The molecule has 2 heterocycles. The number of halogens is 3. The van der Waals surface area contributed by atoms with Crippen molar-refractivity contribution in [1.82, 2.24) is 14.7 Å². The van der Waals surface area contributed by atoms with E-state index in [1.165, 1.54) is 0 Å². The normalized spacial score (nSPS) is 22.9. The Kier molecular flexibility index (Phi) is 5.61. The second-order valence-electron chi connectivity index (χ2n) is 8.26. The van der Waals surface area contributed by atoms with Gasteiger partial charge in [0.25, 0.3) is 0 Å². The third-order valence-corrected chi connectivity index (χ3v) is 7.46. The van der Waals surface area contributed by atoms with Crippen molar-refractivity contribution in [3.8, 4) is 0 Å². The van der Waals surface area contributed by atoms with E-state index in [0.29, 0.717) is 54.4 Å². The highest BCUT2D eigenvalue weighted by Gasteiger charge is 2.35. The second-order valence-corrected chi connectivity index (χ2v) is 9.97. The van der Waals surface area contributed by atoms with E-state index in [9.17, 15) is 26.4 Å². The molecular formula is C20H22F3N5O3S. The summed E-state index contributed by atoms with van der Waals surface area (Å²) in [4.78, 5) is 22.2. The van der Waals surface area contributed by atoms with Crippen molar-refractivity contribution in [3.05, 3.63) is 41.1 Å². The molecule has 1 aromatic carbocycles. The van der Waals surface area contributed by atoms with Gasteiger partial charge in [-0.15, -0.1) is 0 Å². The Hall–Kier alpha value is -2.73. The smallest absolute Gasteiger partial charge is 0.246 e. The Morgan fingerprint density at radius 1 is 1.19 bits per heavy atom. The van der Waals surface area contributed by atoms with Gasteiger partial charge in [-0.2, -0.15) is 0 Å². The maximum absolute atomic E-state index is 13.4. The van der Waals surface area contributed by atoms with Crippen molar-refractivity contribution in [1.29, 1.82) is 0 Å². The number of anilines is 2. The van der Waals surface area contributed by atoms with Crippen LogP contribution in [0.25, 0.3) is 0 Å². The molecule has 0 unspecified atom stereocenters. The van der Waals surface area contributed by atoms with Crippen molar-refractivity contribution in [2.24, 2.45) is 5.92 Å². The number of nitrogens with zero attached hydrogens (tertiary/aromatic N) is 3. The number of amides is 1. The summed E-state index contributed by atoms with van der Waals surface area (Å²) in [6.45, 7) is 3.56. The summed E-state index contributed by atoms with van der Waals surface area (Å²) >= 11 is 0. The lowest BCUT2D eigenvalue weighted by Crippen LogP contribution is -2.46. The summed E-state index contributed by atoms with van der Waals surface area (Å²) in [7, 11) is -2.41. The van der Waals surface area contributed by atoms with E-state index in [1.807, 2.05) is 0 Å². The number of carbonyl (C=O) groups excluding carboxylic acids is 1. The minimum atomic E-state index is -4.19. The van der Waals surface area contributed by atoms with Crippen molar-refractivity contribution in [2.75, 3.05) is 17.3 Å². The Bertz CT molecular complexity index is 1180. The molecule has 1 aliphatic carbocycles. The quantitative estimate of drug-likeness (QED) is 0.652. The van der Waals surface area contributed by atoms with Gasteiger partial charge >= 0.3 is 0 Å². The zero-order valence-corrected chi connectivity index (χ0v) is 18.4. The molecule has 1 atom stereocenters. The number of fused-ring (bicyclic) bond motifs is 1. The van der Waals surface area contributed by atoms with Crippen LogP contribution in [0.15, 0.2) is 17.0 Å². The zero-order valence-electron chi connectivity index (χ0n) is 17.6. The van der Waals surface area contributed by atoms with Crippen LogP contribution in [0.5, 0.6) is 0 Å². The SMILES string of the molecule is Cc1nc(CC2CC(NS(=O)(=O)c3cc(F)c(F)c(F)c3)C2)nc2c1NC(=O)[C@H](C)N2C. The fourth-order valence-corrected chi connectivity index (χ4v) is 5.21. The topological polar surface area (TPSA) is 104 Å². The molecule has 4 rings (SSSR count). The number of aromatic nitrogens is 2. The van der Waals surface area contributed by atoms with Gasteiger partial charge in [-0.3, -0.25) is 4.79 Å². The van der Waals surface area contributed by atoms with Crippen LogP contribution in [0.4, 0.5) is 24.7 Å². The van der Waals surface area contributed by atoms with Crippen LogP contribution in [0.1, 0.15) is 31.3 Å². The standard InChI is InChI=1S/C20H22F3N5O3S/c1-9-18-19(28(3)10(2)20(29)26-18)25-16(24-9)6-11-4-12(5-11)27-32(30,31)13-7-14(21)17(23)15(22)8-13/h7-8,10-12,27H,4-6H2,1-3H3,(H,26,29)/t10-,11?,12?/m0/s1. The van der Waals surface area contributed by atoms with Crippen LogP contribution in [0.2, 0.25) is 0 Å². The molecule has 1 aromatic heterocycles. The fraction of sp³-hybridized carbons (Fsp3) is 0.450. The van der Waals surface area contributed by atoms with E-state index < -0.39 is 38.4 Å². The van der Waals surface area contributed by atoms with E-state index in [4.69, 9.17) is 0 Å². The summed E-state index contributed by atoms with van der Waals surface area (Å²) in [6, 6.07) is 0.128. The van der Waals surface area contributed by atoms with Gasteiger partial charge in [0.15, 0.2) is 23.3 Å². The molecule has 2 aromatic rings. The van der Waals surface area contributed by atoms with Gasteiger partial charge in [-0.1, -0.05) is 0 Å². The van der Waals surface area contributed by atoms with Gasteiger partial charge in [0.1, 0.15) is 17.6 Å². The predicted molar refractivity (Wildman–Crippen MR) is 110 cm³/mol. The van der Waals surface area contributed by atoms with Crippen LogP contribution < -0.4 is 14.9 Å². The molecule has 2 N–H and O–H groups in total. The predicted octanol–water partition coefficient (Wildman–Crippen LogP) is 2.28. The van der Waals surface area contributed by atoms with Gasteiger partial charge in [0.2, 0.25) is 15.9 Å². The summed E-state index contributed by atoms with van der Waals surface area (Å²) in [5, 5.41) is 2.82. The molecule has 1 saturated carbocycles. The van der Waals surface area contributed by atoms with Crippen LogP contribution in [0.3, 0.4) is 0 Å². The minimum Gasteiger partial charge on any atom is -0.346 e. The third-order valence-electron chi connectivity index (χ3n) is 5.96. The molecule has 12 heteroatoms. The number of aryl methyl sites for hydroxylation is 1. The lowest BCUT2D eigenvalue weighted by Gasteiger charge is -2.36. The van der Waals surface area contributed by atoms with Crippen molar-refractivity contribution >= 4 is 27.4 Å². The van der Waals surface area contributed by atoms with Gasteiger partial charge in [0.05, 0.1) is 10.6 Å². The van der Waals surface area contributed by atoms with E-state index in [2.05, 4.69) is 20.0 Å². The van der Waals surface area contributed by atoms with E-state index in [1.54, 1.807) is 25.8 Å². The van der Waals surface area contributed by atoms with Crippen LogP contribution in [-0.4, -0.2) is 43.4 Å². The number of sulfonamides is 1. The summed E-state index contributed by atoms with van der Waals surface area (Å²) in [5.41, 5.74) is 1.23. The fourth-order valence-electron chi connectivity index (χ4n) is 3.93. The monoisotopic (exact) mass is 469 g/mol. The highest BCUT2D eigenvalue weighted by Crippen LogP contribution is 2.35. The van der Waals surface area contributed by atoms with Crippen LogP contribution in [0, 0.1) is 30.3 Å². The zero-order chi connectivity index (χ0) is 23.4. The average Bonchev–Trinajstić information content (AvgIpc) is 2.69. The minimum absolute atomic E-state index is 0.114. The van der Waals surface area contributed by atoms with E-state index >= 15 is 0 Å². The molecule has 2 aliphatic rings. The number of likely N-dealkylation sites (N-methyl/N-ethyl adjacent to an activating group) is 1. The maximum atomic E-state index is 13.4. The first-order chi connectivity index (χ1) is 15.0. The number of benzene rings is 1. The lowest BCUT2D eigenvalue weighted by atomic mass is 9.78. The maximum Gasteiger partial charge on any atom is 0.246 e. The van der Waals surface area contributed by atoms with Crippen LogP contribution >= 0.6 is 0 Å². The number of hydrogen-bond acceptors (Lipinski definition) is 6. The Balaban J connectivity index is 1.41. The third kappa shape index (κ3) is 4.04. The van der Waals surface area contributed by atoms with Crippen molar-refractivity contribution in [2.45, 2.75) is 50.1 Å². The summed E-state index contributed by atoms with van der Waals surface area (Å²) < 4.78 is 67.0. The largest absolute Gasteiger partial charge is 0.346 e. The highest BCUT2D eigenvalue weighted by molar-refractivity contribution is 7.89. The number of nitrogens with one attached hydrogen (secondary N) is 2.